The topological polar surface area (TPSA) is 130 Å². The Kier molecular flexibility index (Phi) is 5.75. The van der Waals surface area contributed by atoms with Gasteiger partial charge in [0.05, 0.1) is 5.75 Å². The number of likely N-dealkylation sites (tertiary alicyclic amines) is 1. The fraction of sp³-hybridized carbons (Fsp3) is 0.818. The number of sulfonamides is 1. The molecule has 1 aliphatic rings. The molecule has 8 nitrogen and oxygen atoms in total. The Balaban J connectivity index is 2.47. The van der Waals surface area contributed by atoms with Crippen molar-refractivity contribution in [2.45, 2.75) is 32.2 Å². The van der Waals surface area contributed by atoms with Gasteiger partial charge in [0.2, 0.25) is 10.0 Å². The first kappa shape index (κ1) is 16.7. The number of carboxylic acids is 1. The van der Waals surface area contributed by atoms with Crippen LogP contribution in [0.1, 0.15) is 26.2 Å². The van der Waals surface area contributed by atoms with Crippen molar-refractivity contribution in [2.24, 2.45) is 11.1 Å². The zero-order valence-electron chi connectivity index (χ0n) is 11.4. The van der Waals surface area contributed by atoms with Crippen LogP contribution in [0.15, 0.2) is 0 Å². The largest absolute Gasteiger partial charge is 0.480 e. The van der Waals surface area contributed by atoms with Crippen molar-refractivity contribution in [3.8, 4) is 0 Å². The van der Waals surface area contributed by atoms with Gasteiger partial charge in [0.25, 0.3) is 0 Å². The summed E-state index contributed by atoms with van der Waals surface area (Å²) in [6.45, 7) is 2.49. The number of amides is 2. The molecule has 0 aromatic heterocycles. The molecule has 1 fully saturated rings. The van der Waals surface area contributed by atoms with Gasteiger partial charge in [-0.15, -0.1) is 0 Å². The van der Waals surface area contributed by atoms with E-state index in [0.717, 1.165) is 6.42 Å². The number of primary sulfonamides is 1. The Labute approximate surface area is 118 Å². The van der Waals surface area contributed by atoms with Crippen LogP contribution in [-0.4, -0.2) is 55.3 Å². The number of carbonyl (C=O) groups excluding carboxylic acids is 1. The second-order valence-corrected chi connectivity index (χ2v) is 6.86. The average Bonchev–Trinajstić information content (AvgIpc) is 2.33. The Hall–Kier alpha value is -1.35. The summed E-state index contributed by atoms with van der Waals surface area (Å²) >= 11 is 0. The number of carboxylic acid groups (broad SMARTS) is 1. The van der Waals surface area contributed by atoms with Crippen molar-refractivity contribution in [2.75, 3.05) is 18.8 Å². The third-order valence-electron chi connectivity index (χ3n) is 3.29. The first-order valence-corrected chi connectivity index (χ1v) is 8.20. The number of aliphatic carboxylic acids is 1. The molecule has 1 saturated heterocycles. The van der Waals surface area contributed by atoms with E-state index >= 15 is 0 Å². The minimum atomic E-state index is -3.54. The van der Waals surface area contributed by atoms with Gasteiger partial charge in [-0.05, 0) is 25.2 Å². The Morgan fingerprint density at radius 2 is 2.10 bits per heavy atom. The standard InChI is InChI=1S/C11H21N3O5S/c1-8-3-5-14(9(7-8)10(15)16)11(17)13-4-2-6-20(12,18)19/h8-9H,2-7H2,1H3,(H,13,17)(H,15,16)(H2,12,18,19). The van der Waals surface area contributed by atoms with Gasteiger partial charge in [-0.2, -0.15) is 0 Å². The summed E-state index contributed by atoms with van der Waals surface area (Å²) < 4.78 is 21.5. The van der Waals surface area contributed by atoms with E-state index in [2.05, 4.69) is 5.32 Å². The lowest BCUT2D eigenvalue weighted by atomic mass is 9.93. The summed E-state index contributed by atoms with van der Waals surface area (Å²) in [5.74, 6) is -0.967. The van der Waals surface area contributed by atoms with Crippen LogP contribution < -0.4 is 10.5 Å². The molecule has 0 aromatic rings. The minimum Gasteiger partial charge on any atom is -0.480 e. The van der Waals surface area contributed by atoms with Crippen molar-refractivity contribution in [3.63, 3.8) is 0 Å². The molecule has 1 heterocycles. The van der Waals surface area contributed by atoms with Gasteiger partial charge in [-0.1, -0.05) is 6.92 Å². The molecule has 0 aromatic carbocycles. The number of nitrogens with one attached hydrogen (secondary N) is 1. The van der Waals surface area contributed by atoms with Crippen molar-refractivity contribution < 1.29 is 23.1 Å². The lowest BCUT2D eigenvalue weighted by molar-refractivity contribution is -0.143. The monoisotopic (exact) mass is 307 g/mol. The zero-order chi connectivity index (χ0) is 15.3. The first-order valence-electron chi connectivity index (χ1n) is 6.48. The van der Waals surface area contributed by atoms with Crippen LogP contribution in [0.3, 0.4) is 0 Å². The molecule has 0 bridgehead atoms. The third kappa shape index (κ3) is 5.33. The molecule has 116 valence electrons. The summed E-state index contributed by atoms with van der Waals surface area (Å²) in [7, 11) is -3.54. The van der Waals surface area contributed by atoms with Crippen LogP contribution in [0, 0.1) is 5.92 Å². The second-order valence-electron chi connectivity index (χ2n) is 5.13. The maximum Gasteiger partial charge on any atom is 0.326 e. The highest BCUT2D eigenvalue weighted by atomic mass is 32.2. The van der Waals surface area contributed by atoms with Crippen molar-refractivity contribution in [3.05, 3.63) is 0 Å². The smallest absolute Gasteiger partial charge is 0.326 e. The molecule has 20 heavy (non-hydrogen) atoms. The second kappa shape index (κ2) is 6.89. The van der Waals surface area contributed by atoms with Gasteiger partial charge in [-0.25, -0.2) is 23.1 Å². The molecule has 0 aliphatic carbocycles. The van der Waals surface area contributed by atoms with Crippen LogP contribution in [0.5, 0.6) is 0 Å². The highest BCUT2D eigenvalue weighted by Crippen LogP contribution is 2.22. The lowest BCUT2D eigenvalue weighted by Gasteiger charge is -2.35. The highest BCUT2D eigenvalue weighted by Gasteiger charge is 2.34. The minimum absolute atomic E-state index is 0.146. The maximum absolute atomic E-state index is 11.9. The fourth-order valence-corrected chi connectivity index (χ4v) is 2.74. The predicted octanol–water partition coefficient (Wildman–Crippen LogP) is -0.440. The van der Waals surface area contributed by atoms with E-state index in [1.165, 1.54) is 4.90 Å². The number of urea groups is 1. The fourth-order valence-electron chi connectivity index (χ4n) is 2.19. The van der Waals surface area contributed by atoms with Crippen LogP contribution >= 0.6 is 0 Å². The van der Waals surface area contributed by atoms with E-state index in [9.17, 15) is 18.0 Å². The summed E-state index contributed by atoms with van der Waals surface area (Å²) in [4.78, 5) is 24.4. The summed E-state index contributed by atoms with van der Waals surface area (Å²) in [6, 6.07) is -1.30. The predicted molar refractivity (Wildman–Crippen MR) is 72.5 cm³/mol. The quantitative estimate of drug-likeness (QED) is 0.593. The van der Waals surface area contributed by atoms with Crippen LogP contribution in [0.25, 0.3) is 0 Å². The molecule has 1 rings (SSSR count). The lowest BCUT2D eigenvalue weighted by Crippen LogP contribution is -2.53. The zero-order valence-corrected chi connectivity index (χ0v) is 12.2. The van der Waals surface area contributed by atoms with Crippen molar-refractivity contribution >= 4 is 22.0 Å². The van der Waals surface area contributed by atoms with E-state index in [1.54, 1.807) is 0 Å². The van der Waals surface area contributed by atoms with Gasteiger partial charge in [-0.3, -0.25) is 0 Å². The van der Waals surface area contributed by atoms with Gasteiger partial charge < -0.3 is 15.3 Å². The van der Waals surface area contributed by atoms with E-state index in [4.69, 9.17) is 10.2 Å². The molecule has 9 heteroatoms. The molecule has 2 unspecified atom stereocenters. The van der Waals surface area contributed by atoms with E-state index in [1.807, 2.05) is 6.92 Å². The molecule has 4 N–H and O–H groups in total. The summed E-state index contributed by atoms with van der Waals surface area (Å²) in [5.41, 5.74) is 0. The van der Waals surface area contributed by atoms with Gasteiger partial charge in [0.15, 0.2) is 0 Å². The SMILES string of the molecule is CC1CCN(C(=O)NCCCS(N)(=O)=O)C(C(=O)O)C1. The molecular weight excluding hydrogens is 286 g/mol. The number of nitrogens with two attached hydrogens (primary N) is 1. The molecule has 2 amide bonds. The van der Waals surface area contributed by atoms with Gasteiger partial charge >= 0.3 is 12.0 Å². The van der Waals surface area contributed by atoms with Crippen LogP contribution in [0.2, 0.25) is 0 Å². The van der Waals surface area contributed by atoms with E-state index in [-0.39, 0.29) is 24.6 Å². The number of piperidine rings is 1. The van der Waals surface area contributed by atoms with Crippen molar-refractivity contribution in [1.82, 2.24) is 10.2 Å². The molecule has 0 saturated carbocycles. The van der Waals surface area contributed by atoms with Gasteiger partial charge in [0, 0.05) is 13.1 Å². The normalized spacial score (nSPS) is 23.4. The molecular formula is C11H21N3O5S. The highest BCUT2D eigenvalue weighted by molar-refractivity contribution is 7.89. The summed E-state index contributed by atoms with van der Waals surface area (Å²) in [5, 5.41) is 16.5. The maximum atomic E-state index is 11.9. The molecule has 0 spiro atoms. The molecule has 0 radical (unpaired) electrons. The number of rotatable bonds is 5. The molecule has 2 atom stereocenters. The van der Waals surface area contributed by atoms with E-state index in [0.29, 0.717) is 13.0 Å². The van der Waals surface area contributed by atoms with Crippen LogP contribution in [-0.2, 0) is 14.8 Å². The van der Waals surface area contributed by atoms with Crippen LogP contribution in [0.4, 0.5) is 4.79 Å². The first-order chi connectivity index (χ1) is 9.20. The van der Waals surface area contributed by atoms with Crippen molar-refractivity contribution in [1.29, 1.82) is 0 Å². The Bertz CT molecular complexity index is 465. The van der Waals surface area contributed by atoms with E-state index < -0.39 is 28.1 Å². The molecule has 1 aliphatic heterocycles. The number of hydrogen-bond acceptors (Lipinski definition) is 4. The number of carbonyl (C=O) groups is 2. The van der Waals surface area contributed by atoms with Gasteiger partial charge in [0.1, 0.15) is 6.04 Å². The summed E-state index contributed by atoms with van der Waals surface area (Å²) in [6.07, 6.45) is 1.39. The number of hydrogen-bond donors (Lipinski definition) is 3. The average molecular weight is 307 g/mol. The Morgan fingerprint density at radius 1 is 1.45 bits per heavy atom. The Morgan fingerprint density at radius 3 is 2.65 bits per heavy atom. The third-order valence-corrected chi connectivity index (χ3v) is 4.15. The number of nitrogens with zero attached hydrogens (tertiary/aromatic N) is 1.